The molecule has 0 rings (SSSR count). The average Bonchev–Trinajstić information content (AvgIpc) is 3.19. The maximum absolute atomic E-state index is 12.2. The second-order valence-corrected chi connectivity index (χ2v) is 17.6. The Morgan fingerprint density at radius 2 is 0.600 bits per heavy atom. The largest absolute Gasteiger partial charge is 0.457 e. The number of aliphatic hydroxyl groups excluding tert-OH is 1. The summed E-state index contributed by atoms with van der Waals surface area (Å²) in [5, 5.41) is 9.64. The monoisotopic (exact) mass is 779 g/mol. The van der Waals surface area contributed by atoms with E-state index in [1.54, 1.807) is 0 Å². The number of hydrogen-bond donors (Lipinski definition) is 1. The fourth-order valence-corrected chi connectivity index (χ4v) is 8.10. The van der Waals surface area contributed by atoms with Gasteiger partial charge in [-0.3, -0.25) is 4.79 Å². The van der Waals surface area contributed by atoms with Gasteiger partial charge in [0.15, 0.2) is 0 Å². The predicted molar refractivity (Wildman–Crippen MR) is 242 cm³/mol. The van der Waals surface area contributed by atoms with Gasteiger partial charge >= 0.3 is 5.97 Å². The molecule has 0 aliphatic carbocycles. The van der Waals surface area contributed by atoms with E-state index < -0.39 is 6.10 Å². The van der Waals surface area contributed by atoms with Crippen LogP contribution in [0.4, 0.5) is 0 Å². The molecule has 1 N–H and O–H groups in total. The van der Waals surface area contributed by atoms with Crippen molar-refractivity contribution in [3.05, 3.63) is 0 Å². The average molecular weight is 779 g/mol. The number of unbranched alkanes of at least 4 members (excludes halogenated alkanes) is 41. The summed E-state index contributed by atoms with van der Waals surface area (Å²) >= 11 is 0. The highest BCUT2D eigenvalue weighted by Crippen LogP contribution is 2.17. The first-order chi connectivity index (χ1) is 27.2. The first kappa shape index (κ1) is 54.4. The first-order valence-electron chi connectivity index (χ1n) is 25.6. The Balaban J connectivity index is 3.31. The molecule has 55 heavy (non-hydrogen) atoms. The molecule has 0 spiro atoms. The van der Waals surface area contributed by atoms with Gasteiger partial charge in [-0.2, -0.15) is 0 Å². The lowest BCUT2D eigenvalue weighted by Crippen LogP contribution is -2.27. The predicted octanol–water partition coefficient (Wildman–Crippen LogP) is 17.1. The van der Waals surface area contributed by atoms with Crippen LogP contribution < -0.4 is 0 Å². The number of aliphatic hydroxyl groups is 1. The highest BCUT2D eigenvalue weighted by atomic mass is 16.6. The van der Waals surface area contributed by atoms with Crippen molar-refractivity contribution in [1.29, 1.82) is 0 Å². The van der Waals surface area contributed by atoms with Gasteiger partial charge in [-0.25, -0.2) is 0 Å². The van der Waals surface area contributed by atoms with Crippen LogP contribution in [0.3, 0.4) is 0 Å². The molecule has 0 aromatic rings. The Bertz CT molecular complexity index is 696. The van der Waals surface area contributed by atoms with E-state index >= 15 is 0 Å². The lowest BCUT2D eigenvalue weighted by molar-refractivity contribution is -0.154. The molecule has 0 aromatic carbocycles. The van der Waals surface area contributed by atoms with E-state index in [1.165, 1.54) is 257 Å². The van der Waals surface area contributed by atoms with Crippen molar-refractivity contribution < 1.29 is 19.4 Å². The van der Waals surface area contributed by atoms with Crippen LogP contribution in [-0.2, 0) is 14.3 Å². The van der Waals surface area contributed by atoms with Crippen molar-refractivity contribution in [1.82, 2.24) is 0 Å². The van der Waals surface area contributed by atoms with Gasteiger partial charge in [0.2, 0.25) is 0 Å². The summed E-state index contributed by atoms with van der Waals surface area (Å²) in [4.78, 5) is 12.2. The number of carbonyl (C=O) groups excluding carboxylic acids is 1. The van der Waals surface area contributed by atoms with Crippen molar-refractivity contribution >= 4 is 5.97 Å². The van der Waals surface area contributed by atoms with Crippen LogP contribution in [0.15, 0.2) is 0 Å². The molecule has 0 fully saturated rings. The zero-order valence-electron chi connectivity index (χ0n) is 38.0. The normalized spacial score (nSPS) is 12.1. The van der Waals surface area contributed by atoms with Crippen molar-refractivity contribution in [3.8, 4) is 0 Å². The molecule has 4 nitrogen and oxygen atoms in total. The summed E-state index contributed by atoms with van der Waals surface area (Å²) in [7, 11) is 0. The van der Waals surface area contributed by atoms with Gasteiger partial charge in [0, 0.05) is 13.0 Å². The second kappa shape index (κ2) is 49.5. The lowest BCUT2D eigenvalue weighted by atomic mass is 10.0. The highest BCUT2D eigenvalue weighted by molar-refractivity contribution is 5.69. The molecule has 1 atom stereocenters. The molecule has 0 aromatic heterocycles. The van der Waals surface area contributed by atoms with E-state index in [9.17, 15) is 9.90 Å². The molecular weight excluding hydrogens is 677 g/mol. The minimum absolute atomic E-state index is 0.162. The van der Waals surface area contributed by atoms with Gasteiger partial charge < -0.3 is 14.6 Å². The van der Waals surface area contributed by atoms with Crippen LogP contribution in [0.5, 0.6) is 0 Å². The van der Waals surface area contributed by atoms with Crippen LogP contribution >= 0.6 is 0 Å². The minimum Gasteiger partial charge on any atom is -0.457 e. The number of rotatable bonds is 49. The number of hydrogen-bond acceptors (Lipinski definition) is 4. The van der Waals surface area contributed by atoms with Crippen molar-refractivity contribution in [3.63, 3.8) is 0 Å². The Hall–Kier alpha value is -0.610. The van der Waals surface area contributed by atoms with Crippen molar-refractivity contribution in [2.45, 2.75) is 302 Å². The van der Waals surface area contributed by atoms with E-state index in [0.717, 1.165) is 19.3 Å². The van der Waals surface area contributed by atoms with Gasteiger partial charge in [0.25, 0.3) is 0 Å². The molecular formula is C51H102O4. The smallest absolute Gasteiger partial charge is 0.306 e. The quantitative estimate of drug-likeness (QED) is 0.0494. The van der Waals surface area contributed by atoms with Crippen molar-refractivity contribution in [2.75, 3.05) is 19.8 Å². The van der Waals surface area contributed by atoms with E-state index in [1.807, 2.05) is 0 Å². The molecule has 330 valence electrons. The van der Waals surface area contributed by atoms with E-state index in [2.05, 4.69) is 13.8 Å². The summed E-state index contributed by atoms with van der Waals surface area (Å²) in [6, 6.07) is 0. The van der Waals surface area contributed by atoms with Gasteiger partial charge in [-0.15, -0.1) is 0 Å². The highest BCUT2D eigenvalue weighted by Gasteiger charge is 2.13. The zero-order valence-corrected chi connectivity index (χ0v) is 38.0. The Morgan fingerprint density at radius 1 is 0.364 bits per heavy atom. The summed E-state index contributed by atoms with van der Waals surface area (Å²) in [5.74, 6) is -0.191. The fourth-order valence-electron chi connectivity index (χ4n) is 8.10. The van der Waals surface area contributed by atoms with Gasteiger partial charge in [-0.05, 0) is 12.8 Å². The van der Waals surface area contributed by atoms with Gasteiger partial charge in [-0.1, -0.05) is 277 Å². The molecule has 0 amide bonds. The first-order valence-corrected chi connectivity index (χ1v) is 25.6. The SMILES string of the molecule is CCCCCCCCCCCCCCCCCCCCCCCCCCCOCC(CO)OC(=O)CCCCCCCCCCCCCCCCCCCC. The number of ether oxygens (including phenoxy) is 2. The van der Waals surface area contributed by atoms with E-state index in [4.69, 9.17) is 9.47 Å². The third-order valence-electron chi connectivity index (χ3n) is 11.9. The molecule has 0 saturated heterocycles. The van der Waals surface area contributed by atoms with Crippen LogP contribution in [0.1, 0.15) is 296 Å². The molecule has 4 heteroatoms. The van der Waals surface area contributed by atoms with Gasteiger partial charge in [0.1, 0.15) is 6.10 Å². The number of carbonyl (C=O) groups is 1. The van der Waals surface area contributed by atoms with E-state index in [-0.39, 0.29) is 12.6 Å². The number of esters is 1. The molecule has 0 aliphatic heterocycles. The molecule has 0 saturated carbocycles. The van der Waals surface area contributed by atoms with E-state index in [0.29, 0.717) is 19.6 Å². The molecule has 0 bridgehead atoms. The Labute approximate surface area is 346 Å². The summed E-state index contributed by atoms with van der Waals surface area (Å²) < 4.78 is 11.2. The summed E-state index contributed by atoms with van der Waals surface area (Å²) in [6.45, 7) is 5.42. The Kier molecular flexibility index (Phi) is 49.0. The topological polar surface area (TPSA) is 55.8 Å². The molecule has 0 heterocycles. The maximum atomic E-state index is 12.2. The standard InChI is InChI=1S/C51H102O4/c1-3-5-7-9-11-13-15-17-19-21-23-24-25-26-27-28-29-31-33-35-37-39-41-43-45-47-54-49-50(48-52)55-51(53)46-44-42-40-38-36-34-32-30-22-20-18-16-14-12-10-8-6-4-2/h50,52H,3-49H2,1-2H3. The minimum atomic E-state index is -0.526. The Morgan fingerprint density at radius 3 is 0.855 bits per heavy atom. The molecule has 1 unspecified atom stereocenters. The molecule has 0 radical (unpaired) electrons. The maximum Gasteiger partial charge on any atom is 0.306 e. The third-order valence-corrected chi connectivity index (χ3v) is 11.9. The third kappa shape index (κ3) is 47.7. The molecule has 0 aliphatic rings. The van der Waals surface area contributed by atoms with Crippen LogP contribution in [-0.4, -0.2) is 37.0 Å². The zero-order chi connectivity index (χ0) is 39.8. The van der Waals surface area contributed by atoms with Gasteiger partial charge in [0.05, 0.1) is 13.2 Å². The van der Waals surface area contributed by atoms with Crippen LogP contribution in [0, 0.1) is 0 Å². The summed E-state index contributed by atoms with van der Waals surface area (Å²) in [6.07, 6.45) is 59.2. The van der Waals surface area contributed by atoms with Crippen LogP contribution in [0.2, 0.25) is 0 Å². The summed E-state index contributed by atoms with van der Waals surface area (Å²) in [5.41, 5.74) is 0. The fraction of sp³-hybridized carbons (Fsp3) is 0.980. The van der Waals surface area contributed by atoms with Crippen molar-refractivity contribution in [2.24, 2.45) is 0 Å². The van der Waals surface area contributed by atoms with Crippen LogP contribution in [0.25, 0.3) is 0 Å². The lowest BCUT2D eigenvalue weighted by Gasteiger charge is -2.16. The second-order valence-electron chi connectivity index (χ2n) is 17.6.